The average Bonchev–Trinajstić information content (AvgIpc) is 2.73. The lowest BCUT2D eigenvalue weighted by molar-refractivity contribution is -0.129. The maximum atomic E-state index is 11.4. The van der Waals surface area contributed by atoms with Crippen molar-refractivity contribution in [2.24, 2.45) is 5.84 Å². The van der Waals surface area contributed by atoms with E-state index in [0.29, 0.717) is 0 Å². The van der Waals surface area contributed by atoms with Crippen molar-refractivity contribution in [1.82, 2.24) is 14.9 Å². The second-order valence-electron chi connectivity index (χ2n) is 7.23. The predicted octanol–water partition coefficient (Wildman–Crippen LogP) is 1.89. The fourth-order valence-corrected chi connectivity index (χ4v) is 3.38. The van der Waals surface area contributed by atoms with Crippen molar-refractivity contribution < 1.29 is 14.7 Å². The van der Waals surface area contributed by atoms with Crippen LogP contribution in [0.25, 0.3) is 0 Å². The molecule has 1 aliphatic rings. The molecule has 3 rings (SSSR count). The van der Waals surface area contributed by atoms with Crippen molar-refractivity contribution in [1.29, 1.82) is 0 Å². The molecule has 0 spiro atoms. The first-order chi connectivity index (χ1) is 13.9. The maximum absolute atomic E-state index is 11.4. The smallest absolute Gasteiger partial charge is 0.421 e. The molecule has 29 heavy (non-hydrogen) atoms. The number of pyridine rings is 1. The van der Waals surface area contributed by atoms with E-state index >= 15 is 0 Å². The molecule has 0 radical (unpaired) electrons. The van der Waals surface area contributed by atoms with Gasteiger partial charge in [0.25, 0.3) is 0 Å². The Morgan fingerprint density at radius 1 is 1.03 bits per heavy atom. The topological polar surface area (TPSA) is 103 Å². The zero-order chi connectivity index (χ0) is 20.8. The highest BCUT2D eigenvalue weighted by Crippen LogP contribution is 2.17. The van der Waals surface area contributed by atoms with E-state index in [-0.39, 0.29) is 12.5 Å². The van der Waals surface area contributed by atoms with E-state index < -0.39 is 6.09 Å². The van der Waals surface area contributed by atoms with Gasteiger partial charge in [0.2, 0.25) is 5.91 Å². The summed E-state index contributed by atoms with van der Waals surface area (Å²) < 4.78 is 0. The molecule has 2 aromatic rings. The van der Waals surface area contributed by atoms with Crippen LogP contribution in [0.15, 0.2) is 42.6 Å². The Bertz CT molecular complexity index is 830. The number of piperazine rings is 1. The summed E-state index contributed by atoms with van der Waals surface area (Å²) in [7, 11) is 0. The number of hydrazine groups is 1. The second kappa shape index (κ2) is 9.38. The van der Waals surface area contributed by atoms with Crippen LogP contribution >= 0.6 is 0 Å². The zero-order valence-corrected chi connectivity index (χ0v) is 16.6. The Balaban J connectivity index is 1.49. The molecule has 1 fully saturated rings. The van der Waals surface area contributed by atoms with E-state index in [4.69, 9.17) is 10.9 Å². The first-order valence-corrected chi connectivity index (χ1v) is 9.71. The minimum absolute atomic E-state index is 0.133. The predicted molar refractivity (Wildman–Crippen MR) is 110 cm³/mol. The van der Waals surface area contributed by atoms with E-state index in [9.17, 15) is 9.59 Å². The fourth-order valence-electron chi connectivity index (χ4n) is 3.38. The van der Waals surface area contributed by atoms with E-state index in [1.165, 1.54) is 5.56 Å². The molecular weight excluding hydrogens is 370 g/mol. The molecule has 8 heteroatoms. The highest BCUT2D eigenvalue weighted by Gasteiger charge is 2.18. The summed E-state index contributed by atoms with van der Waals surface area (Å²) >= 11 is 0. The lowest BCUT2D eigenvalue weighted by Crippen LogP contribution is -2.48. The van der Waals surface area contributed by atoms with E-state index in [2.05, 4.69) is 22.0 Å². The Morgan fingerprint density at radius 3 is 2.24 bits per heavy atom. The minimum atomic E-state index is -1.15. The number of benzene rings is 1. The van der Waals surface area contributed by atoms with Gasteiger partial charge in [0.15, 0.2) is 0 Å². The molecule has 1 saturated heterocycles. The van der Waals surface area contributed by atoms with Gasteiger partial charge >= 0.3 is 6.09 Å². The van der Waals surface area contributed by atoms with Crippen molar-refractivity contribution in [2.75, 3.05) is 31.1 Å². The summed E-state index contributed by atoms with van der Waals surface area (Å²) in [5, 5.41) is 9.58. The average molecular weight is 397 g/mol. The summed E-state index contributed by atoms with van der Waals surface area (Å²) in [6.45, 7) is 4.94. The number of amides is 2. The van der Waals surface area contributed by atoms with Crippen molar-refractivity contribution in [2.45, 2.75) is 26.3 Å². The summed E-state index contributed by atoms with van der Waals surface area (Å²) in [5.41, 5.74) is 4.13. The molecule has 3 N–H and O–H groups in total. The standard InChI is InChI=1S/C21H27N5O3/c1-16(27)24-10-12-25(13-11-24)20-9-8-19(23-14-20)7-6-17-2-4-18(5-3-17)15-26(22)21(28)29/h2-5,8-9,14H,6-7,10-13,15,22H2,1H3,(H,28,29). The summed E-state index contributed by atoms with van der Waals surface area (Å²) in [4.78, 5) is 30.9. The molecule has 1 aromatic heterocycles. The lowest BCUT2D eigenvalue weighted by Gasteiger charge is -2.35. The number of anilines is 1. The molecule has 0 bridgehead atoms. The van der Waals surface area contributed by atoms with Crippen LogP contribution in [0.5, 0.6) is 0 Å². The fraction of sp³-hybridized carbons (Fsp3) is 0.381. The largest absolute Gasteiger partial charge is 0.464 e. The molecule has 0 aliphatic carbocycles. The van der Waals surface area contributed by atoms with Crippen LogP contribution in [0.1, 0.15) is 23.7 Å². The Hall–Kier alpha value is -3.13. The summed E-state index contributed by atoms with van der Waals surface area (Å²) in [5.74, 6) is 5.54. The molecule has 0 atom stereocenters. The summed E-state index contributed by atoms with van der Waals surface area (Å²) in [6, 6.07) is 11.9. The van der Waals surface area contributed by atoms with Crippen molar-refractivity contribution in [3.05, 3.63) is 59.4 Å². The summed E-state index contributed by atoms with van der Waals surface area (Å²) in [6.07, 6.45) is 2.44. The van der Waals surface area contributed by atoms with Gasteiger partial charge in [-0.25, -0.2) is 15.6 Å². The van der Waals surface area contributed by atoms with Crippen LogP contribution in [-0.4, -0.2) is 58.2 Å². The number of hydrogen-bond donors (Lipinski definition) is 2. The van der Waals surface area contributed by atoms with Gasteiger partial charge in [-0.05, 0) is 36.1 Å². The molecule has 0 saturated carbocycles. The third-order valence-electron chi connectivity index (χ3n) is 5.19. The van der Waals surface area contributed by atoms with Gasteiger partial charge in [-0.3, -0.25) is 9.78 Å². The van der Waals surface area contributed by atoms with Crippen LogP contribution < -0.4 is 10.7 Å². The zero-order valence-electron chi connectivity index (χ0n) is 16.6. The van der Waals surface area contributed by atoms with E-state index in [1.54, 1.807) is 6.92 Å². The van der Waals surface area contributed by atoms with Crippen LogP contribution in [0.2, 0.25) is 0 Å². The quantitative estimate of drug-likeness (QED) is 0.438. The first kappa shape index (κ1) is 20.6. The Morgan fingerprint density at radius 2 is 1.69 bits per heavy atom. The number of carbonyl (C=O) groups excluding carboxylic acids is 1. The number of nitrogens with zero attached hydrogens (tertiary/aromatic N) is 4. The van der Waals surface area contributed by atoms with Gasteiger partial charge in [-0.1, -0.05) is 24.3 Å². The molecule has 0 unspecified atom stereocenters. The number of carbonyl (C=O) groups is 2. The SMILES string of the molecule is CC(=O)N1CCN(c2ccc(CCc3ccc(CN(N)C(=O)O)cc3)nc2)CC1. The van der Waals surface area contributed by atoms with Crippen molar-refractivity contribution in [3.63, 3.8) is 0 Å². The molecule has 1 aromatic carbocycles. The normalized spacial score (nSPS) is 14.0. The minimum Gasteiger partial charge on any atom is -0.464 e. The van der Waals surface area contributed by atoms with Gasteiger partial charge in [0.1, 0.15) is 0 Å². The molecule has 1 aliphatic heterocycles. The lowest BCUT2D eigenvalue weighted by atomic mass is 10.1. The Labute approximate surface area is 170 Å². The molecule has 154 valence electrons. The highest BCUT2D eigenvalue weighted by atomic mass is 16.4. The molecular formula is C21H27N5O3. The van der Waals surface area contributed by atoms with Crippen LogP contribution in [-0.2, 0) is 24.2 Å². The highest BCUT2D eigenvalue weighted by molar-refractivity contribution is 5.73. The number of rotatable bonds is 6. The van der Waals surface area contributed by atoms with Crippen molar-refractivity contribution in [3.8, 4) is 0 Å². The maximum Gasteiger partial charge on any atom is 0.421 e. The monoisotopic (exact) mass is 397 g/mol. The number of hydrogen-bond acceptors (Lipinski definition) is 5. The van der Waals surface area contributed by atoms with Gasteiger partial charge < -0.3 is 14.9 Å². The van der Waals surface area contributed by atoms with Gasteiger partial charge in [0, 0.05) is 38.8 Å². The molecule has 2 heterocycles. The molecule has 8 nitrogen and oxygen atoms in total. The van der Waals surface area contributed by atoms with Crippen LogP contribution in [0.3, 0.4) is 0 Å². The van der Waals surface area contributed by atoms with Gasteiger partial charge in [0.05, 0.1) is 18.4 Å². The Kier molecular flexibility index (Phi) is 6.66. The van der Waals surface area contributed by atoms with Crippen molar-refractivity contribution >= 4 is 17.7 Å². The van der Waals surface area contributed by atoms with Gasteiger partial charge in [-0.2, -0.15) is 0 Å². The first-order valence-electron chi connectivity index (χ1n) is 9.71. The number of carboxylic acid groups (broad SMARTS) is 1. The number of aromatic nitrogens is 1. The van der Waals surface area contributed by atoms with Gasteiger partial charge in [-0.15, -0.1) is 0 Å². The third-order valence-corrected chi connectivity index (χ3v) is 5.19. The van der Waals surface area contributed by atoms with Crippen LogP contribution in [0.4, 0.5) is 10.5 Å². The van der Waals surface area contributed by atoms with Crippen LogP contribution in [0, 0.1) is 0 Å². The van der Waals surface area contributed by atoms with E-state index in [1.807, 2.05) is 35.4 Å². The third kappa shape index (κ3) is 5.68. The second-order valence-corrected chi connectivity index (χ2v) is 7.23. The van der Waals surface area contributed by atoms with E-state index in [0.717, 1.165) is 61.0 Å². The number of nitrogens with two attached hydrogens (primary N) is 1. The molecule has 2 amide bonds. The number of aryl methyl sites for hydroxylation is 2.